The molecule has 0 spiro atoms. The third-order valence-electron chi connectivity index (χ3n) is 3.85. The van der Waals surface area contributed by atoms with Gasteiger partial charge in [0.25, 0.3) is 0 Å². The quantitative estimate of drug-likeness (QED) is 0.453. The third kappa shape index (κ3) is 6.07. The molecule has 0 aromatic rings. The Hall–Kier alpha value is -1.99. The van der Waals surface area contributed by atoms with Crippen LogP contribution in [-0.2, 0) is 19.0 Å². The van der Waals surface area contributed by atoms with Gasteiger partial charge in [0.2, 0.25) is 0 Å². The standard InChI is InChI=1S/C18H32N2O6/c1-16(2,3)25-14(22)19-20(15(23)26-17(4,5)6)18(13(21)24-7)11-9-8-10-12-18/h8-12H2,1-7H3,(H,19,22). The summed E-state index contributed by atoms with van der Waals surface area (Å²) >= 11 is 0. The maximum atomic E-state index is 12.8. The van der Waals surface area contributed by atoms with Crippen molar-refractivity contribution in [2.75, 3.05) is 7.11 Å². The summed E-state index contributed by atoms with van der Waals surface area (Å²) in [4.78, 5) is 37.7. The van der Waals surface area contributed by atoms with Crippen LogP contribution in [0.2, 0.25) is 0 Å². The van der Waals surface area contributed by atoms with E-state index in [0.29, 0.717) is 12.8 Å². The van der Waals surface area contributed by atoms with Gasteiger partial charge in [0.05, 0.1) is 7.11 Å². The SMILES string of the molecule is COC(=O)C1(N(NC(=O)OC(C)(C)C)C(=O)OC(C)(C)C)CCCCC1. The molecule has 0 unspecified atom stereocenters. The van der Waals surface area contributed by atoms with Crippen molar-refractivity contribution < 1.29 is 28.6 Å². The highest BCUT2D eigenvalue weighted by Gasteiger charge is 2.51. The second-order valence-electron chi connectivity index (χ2n) is 8.51. The fraction of sp³-hybridized carbons (Fsp3) is 0.833. The minimum atomic E-state index is -1.31. The number of hydrazine groups is 1. The predicted octanol–water partition coefficient (Wildman–Crippen LogP) is 3.54. The van der Waals surface area contributed by atoms with Gasteiger partial charge < -0.3 is 14.2 Å². The highest BCUT2D eigenvalue weighted by atomic mass is 16.6. The molecule has 1 rings (SSSR count). The van der Waals surface area contributed by atoms with Crippen LogP contribution >= 0.6 is 0 Å². The zero-order valence-electron chi connectivity index (χ0n) is 16.9. The highest BCUT2D eigenvalue weighted by Crippen LogP contribution is 2.35. The molecule has 0 saturated heterocycles. The van der Waals surface area contributed by atoms with E-state index in [1.54, 1.807) is 41.5 Å². The Morgan fingerprint density at radius 3 is 1.81 bits per heavy atom. The molecule has 0 heterocycles. The maximum absolute atomic E-state index is 12.8. The number of esters is 1. The molecule has 8 nitrogen and oxygen atoms in total. The number of nitrogens with zero attached hydrogens (tertiary/aromatic N) is 1. The number of carbonyl (C=O) groups is 3. The lowest BCUT2D eigenvalue weighted by atomic mass is 9.81. The molecule has 26 heavy (non-hydrogen) atoms. The summed E-state index contributed by atoms with van der Waals surface area (Å²) in [6.45, 7) is 10.3. The van der Waals surface area contributed by atoms with Crippen LogP contribution in [0.5, 0.6) is 0 Å². The van der Waals surface area contributed by atoms with Crippen molar-refractivity contribution in [1.29, 1.82) is 0 Å². The lowest BCUT2D eigenvalue weighted by molar-refractivity contribution is -0.160. The van der Waals surface area contributed by atoms with E-state index in [0.717, 1.165) is 24.3 Å². The Kier molecular flexibility index (Phi) is 6.90. The van der Waals surface area contributed by atoms with Crippen molar-refractivity contribution in [2.24, 2.45) is 0 Å². The molecular formula is C18H32N2O6. The number of hydrogen-bond acceptors (Lipinski definition) is 6. The summed E-state index contributed by atoms with van der Waals surface area (Å²) in [5.74, 6) is -0.584. The molecule has 1 fully saturated rings. The van der Waals surface area contributed by atoms with Crippen molar-refractivity contribution in [1.82, 2.24) is 10.4 Å². The van der Waals surface area contributed by atoms with Gasteiger partial charge in [-0.3, -0.25) is 0 Å². The van der Waals surface area contributed by atoms with E-state index in [1.807, 2.05) is 0 Å². The summed E-state index contributed by atoms with van der Waals surface area (Å²) < 4.78 is 15.6. The molecule has 8 heteroatoms. The van der Waals surface area contributed by atoms with Gasteiger partial charge in [-0.05, 0) is 54.4 Å². The van der Waals surface area contributed by atoms with Crippen molar-refractivity contribution in [3.63, 3.8) is 0 Å². The maximum Gasteiger partial charge on any atom is 0.430 e. The largest absolute Gasteiger partial charge is 0.467 e. The average Bonchev–Trinajstić information content (AvgIpc) is 2.49. The minimum Gasteiger partial charge on any atom is -0.467 e. The highest BCUT2D eigenvalue weighted by molar-refractivity contribution is 5.87. The van der Waals surface area contributed by atoms with Gasteiger partial charge in [-0.1, -0.05) is 19.3 Å². The summed E-state index contributed by atoms with van der Waals surface area (Å²) in [6, 6.07) is 0. The number of hydrogen-bond donors (Lipinski definition) is 1. The van der Waals surface area contributed by atoms with Crippen molar-refractivity contribution in [3.05, 3.63) is 0 Å². The molecule has 0 atom stereocenters. The van der Waals surface area contributed by atoms with E-state index < -0.39 is 34.9 Å². The molecule has 1 aliphatic rings. The number of methoxy groups -OCH3 is 1. The minimum absolute atomic E-state index is 0.370. The van der Waals surface area contributed by atoms with E-state index in [2.05, 4.69) is 5.43 Å². The molecule has 1 N–H and O–H groups in total. The van der Waals surface area contributed by atoms with E-state index in [9.17, 15) is 14.4 Å². The fourth-order valence-electron chi connectivity index (χ4n) is 2.87. The Labute approximate surface area is 155 Å². The van der Waals surface area contributed by atoms with Crippen LogP contribution in [0.15, 0.2) is 0 Å². The molecular weight excluding hydrogens is 340 g/mol. The van der Waals surface area contributed by atoms with Gasteiger partial charge in [-0.25, -0.2) is 19.8 Å². The normalized spacial score (nSPS) is 17.0. The number of nitrogens with one attached hydrogen (secondary N) is 1. The first-order valence-corrected chi connectivity index (χ1v) is 8.92. The van der Waals surface area contributed by atoms with E-state index in [4.69, 9.17) is 14.2 Å². The van der Waals surface area contributed by atoms with Crippen molar-refractivity contribution in [2.45, 2.75) is 90.4 Å². The van der Waals surface area contributed by atoms with Crippen LogP contribution in [0.4, 0.5) is 9.59 Å². The first kappa shape index (κ1) is 22.1. The van der Waals surface area contributed by atoms with E-state index in [1.165, 1.54) is 7.11 Å². The molecule has 0 aliphatic heterocycles. The second kappa shape index (κ2) is 8.14. The molecule has 150 valence electrons. The van der Waals surface area contributed by atoms with E-state index in [-0.39, 0.29) is 0 Å². The Morgan fingerprint density at radius 2 is 1.38 bits per heavy atom. The van der Waals surface area contributed by atoms with Crippen LogP contribution in [-0.4, -0.2) is 47.0 Å². The monoisotopic (exact) mass is 372 g/mol. The van der Waals surface area contributed by atoms with Gasteiger partial charge in [0.1, 0.15) is 11.2 Å². The number of rotatable bonds is 2. The molecule has 1 aliphatic carbocycles. The Balaban J connectivity index is 3.21. The first-order valence-electron chi connectivity index (χ1n) is 8.92. The van der Waals surface area contributed by atoms with Crippen LogP contribution in [0, 0.1) is 0 Å². The van der Waals surface area contributed by atoms with Crippen molar-refractivity contribution >= 4 is 18.2 Å². The predicted molar refractivity (Wildman–Crippen MR) is 95.3 cm³/mol. The van der Waals surface area contributed by atoms with Gasteiger partial charge in [-0.2, -0.15) is 5.01 Å². The zero-order valence-corrected chi connectivity index (χ0v) is 16.9. The molecule has 0 bridgehead atoms. The van der Waals surface area contributed by atoms with E-state index >= 15 is 0 Å². The van der Waals surface area contributed by atoms with Gasteiger partial charge in [0, 0.05) is 0 Å². The smallest absolute Gasteiger partial charge is 0.430 e. The van der Waals surface area contributed by atoms with Crippen molar-refractivity contribution in [3.8, 4) is 0 Å². The van der Waals surface area contributed by atoms with Gasteiger partial charge in [-0.15, -0.1) is 0 Å². The molecule has 0 aromatic heterocycles. The number of amides is 2. The lowest BCUT2D eigenvalue weighted by Crippen LogP contribution is -2.65. The summed E-state index contributed by atoms with van der Waals surface area (Å²) in [5.41, 5.74) is -0.445. The number of carbonyl (C=O) groups excluding carboxylic acids is 3. The number of ether oxygens (including phenoxy) is 3. The van der Waals surface area contributed by atoms with Crippen LogP contribution in [0.25, 0.3) is 0 Å². The van der Waals surface area contributed by atoms with Gasteiger partial charge in [0.15, 0.2) is 5.54 Å². The van der Waals surface area contributed by atoms with Crippen LogP contribution in [0.1, 0.15) is 73.6 Å². The fourth-order valence-corrected chi connectivity index (χ4v) is 2.87. The Morgan fingerprint density at radius 1 is 0.885 bits per heavy atom. The summed E-state index contributed by atoms with van der Waals surface area (Å²) in [6.07, 6.45) is 1.47. The van der Waals surface area contributed by atoms with Gasteiger partial charge >= 0.3 is 18.2 Å². The second-order valence-corrected chi connectivity index (χ2v) is 8.51. The van der Waals surface area contributed by atoms with Crippen LogP contribution < -0.4 is 5.43 Å². The average molecular weight is 372 g/mol. The molecule has 0 aromatic carbocycles. The zero-order chi connectivity index (χ0) is 20.2. The first-order chi connectivity index (χ1) is 11.8. The summed E-state index contributed by atoms with van der Waals surface area (Å²) in [7, 11) is 1.26. The molecule has 2 amide bonds. The lowest BCUT2D eigenvalue weighted by Gasteiger charge is -2.43. The topological polar surface area (TPSA) is 94.2 Å². The third-order valence-corrected chi connectivity index (χ3v) is 3.85. The molecule has 0 radical (unpaired) electrons. The Bertz CT molecular complexity index is 527. The van der Waals surface area contributed by atoms with Crippen LogP contribution in [0.3, 0.4) is 0 Å². The molecule has 1 saturated carbocycles. The summed E-state index contributed by atoms with van der Waals surface area (Å²) in [5, 5.41) is 0.956.